The molecule has 0 aromatic heterocycles. The molecule has 1 aliphatic heterocycles. The number of halogens is 1. The number of aryl methyl sites for hydroxylation is 1. The highest BCUT2D eigenvalue weighted by Gasteiger charge is 2.34. The fraction of sp³-hybridized carbons (Fsp3) is 0.391. The van der Waals surface area contributed by atoms with Gasteiger partial charge in [-0.05, 0) is 48.6 Å². The monoisotopic (exact) mass is 413 g/mol. The molecule has 0 unspecified atom stereocenters. The van der Waals surface area contributed by atoms with Gasteiger partial charge in [0.2, 0.25) is 11.8 Å². The highest BCUT2D eigenvalue weighted by Crippen LogP contribution is 2.32. The van der Waals surface area contributed by atoms with Gasteiger partial charge < -0.3 is 15.4 Å². The van der Waals surface area contributed by atoms with Gasteiger partial charge in [-0.3, -0.25) is 14.9 Å². The standard InChI is InChI=1S/C23H28FN3O3/c1-2-17-5-3-4-6-20(17)27-22(29)15-25-21(28)16-26-23(11-13-30-14-12-23)18-7-9-19(24)10-8-18/h3-10,26H,2,11-16H2,1H3,(H,25,28)(H,27,29). The van der Waals surface area contributed by atoms with E-state index in [9.17, 15) is 14.0 Å². The Hall–Kier alpha value is -2.77. The van der Waals surface area contributed by atoms with Crippen molar-refractivity contribution in [1.82, 2.24) is 10.6 Å². The van der Waals surface area contributed by atoms with Crippen LogP contribution < -0.4 is 16.0 Å². The second-order valence-electron chi connectivity index (χ2n) is 7.39. The van der Waals surface area contributed by atoms with Gasteiger partial charge in [0.05, 0.1) is 13.1 Å². The molecule has 1 fully saturated rings. The number of ether oxygens (including phenoxy) is 1. The maximum absolute atomic E-state index is 13.3. The zero-order valence-electron chi connectivity index (χ0n) is 17.2. The van der Waals surface area contributed by atoms with Crippen LogP contribution in [-0.4, -0.2) is 38.1 Å². The summed E-state index contributed by atoms with van der Waals surface area (Å²) in [6, 6.07) is 13.9. The van der Waals surface area contributed by atoms with Crippen LogP contribution in [0.3, 0.4) is 0 Å². The van der Waals surface area contributed by atoms with Gasteiger partial charge in [0, 0.05) is 24.4 Å². The van der Waals surface area contributed by atoms with Crippen molar-refractivity contribution in [3.63, 3.8) is 0 Å². The normalized spacial score (nSPS) is 15.4. The predicted octanol–water partition coefficient (Wildman–Crippen LogP) is 2.74. The zero-order chi connectivity index (χ0) is 21.4. The molecular formula is C23H28FN3O3. The number of amides is 2. The lowest BCUT2D eigenvalue weighted by Crippen LogP contribution is -2.50. The summed E-state index contributed by atoms with van der Waals surface area (Å²) in [5.74, 6) is -0.847. The lowest BCUT2D eigenvalue weighted by atomic mass is 9.82. The number of hydrogen-bond donors (Lipinski definition) is 3. The lowest BCUT2D eigenvalue weighted by Gasteiger charge is -2.38. The third-order valence-corrected chi connectivity index (χ3v) is 5.45. The summed E-state index contributed by atoms with van der Waals surface area (Å²) in [5, 5.41) is 8.80. The molecule has 3 N–H and O–H groups in total. The van der Waals surface area contributed by atoms with E-state index >= 15 is 0 Å². The highest BCUT2D eigenvalue weighted by molar-refractivity contribution is 5.95. The molecule has 0 spiro atoms. The van der Waals surface area contributed by atoms with Crippen molar-refractivity contribution >= 4 is 17.5 Å². The molecule has 0 atom stereocenters. The Labute approximate surface area is 176 Å². The first-order chi connectivity index (χ1) is 14.5. The average molecular weight is 413 g/mol. The minimum atomic E-state index is -0.453. The summed E-state index contributed by atoms with van der Waals surface area (Å²) in [5.41, 5.74) is 2.27. The molecule has 1 saturated heterocycles. The summed E-state index contributed by atoms with van der Waals surface area (Å²) >= 11 is 0. The van der Waals surface area contributed by atoms with Gasteiger partial charge in [-0.1, -0.05) is 37.3 Å². The number of para-hydroxylation sites is 1. The molecule has 2 amide bonds. The molecule has 6 nitrogen and oxygen atoms in total. The summed E-state index contributed by atoms with van der Waals surface area (Å²) in [6.45, 7) is 3.09. The number of anilines is 1. The predicted molar refractivity (Wildman–Crippen MR) is 114 cm³/mol. The molecule has 1 aliphatic rings. The van der Waals surface area contributed by atoms with Crippen LogP contribution in [0.25, 0.3) is 0 Å². The summed E-state index contributed by atoms with van der Waals surface area (Å²) in [7, 11) is 0. The Morgan fingerprint density at radius 3 is 2.40 bits per heavy atom. The van der Waals surface area contributed by atoms with Gasteiger partial charge in [0.25, 0.3) is 0 Å². The van der Waals surface area contributed by atoms with Crippen LogP contribution in [0.1, 0.15) is 30.9 Å². The fourth-order valence-corrected chi connectivity index (χ4v) is 3.69. The maximum Gasteiger partial charge on any atom is 0.243 e. The number of benzene rings is 2. The number of nitrogens with one attached hydrogen (secondary N) is 3. The van der Waals surface area contributed by atoms with Crippen LogP contribution >= 0.6 is 0 Å². The molecule has 2 aromatic rings. The van der Waals surface area contributed by atoms with Crippen molar-refractivity contribution in [2.45, 2.75) is 31.7 Å². The molecule has 0 bridgehead atoms. The van der Waals surface area contributed by atoms with Crippen LogP contribution in [0.5, 0.6) is 0 Å². The topological polar surface area (TPSA) is 79.5 Å². The van der Waals surface area contributed by atoms with E-state index in [1.165, 1.54) is 12.1 Å². The number of carbonyl (C=O) groups excluding carboxylic acids is 2. The van der Waals surface area contributed by atoms with Crippen LogP contribution in [-0.2, 0) is 26.3 Å². The smallest absolute Gasteiger partial charge is 0.243 e. The van der Waals surface area contributed by atoms with Crippen LogP contribution in [0.2, 0.25) is 0 Å². The summed E-state index contributed by atoms with van der Waals surface area (Å²) < 4.78 is 18.8. The third kappa shape index (κ3) is 5.64. The molecular weight excluding hydrogens is 385 g/mol. The molecule has 30 heavy (non-hydrogen) atoms. The van der Waals surface area contributed by atoms with Crippen molar-refractivity contribution < 1.29 is 18.7 Å². The first-order valence-corrected chi connectivity index (χ1v) is 10.3. The van der Waals surface area contributed by atoms with Crippen LogP contribution in [0.4, 0.5) is 10.1 Å². The van der Waals surface area contributed by atoms with Gasteiger partial charge in [-0.15, -0.1) is 0 Å². The second kappa shape index (κ2) is 10.3. The molecule has 7 heteroatoms. The Kier molecular flexibility index (Phi) is 7.54. The molecule has 0 radical (unpaired) electrons. The van der Waals surface area contributed by atoms with Crippen molar-refractivity contribution in [2.24, 2.45) is 0 Å². The SMILES string of the molecule is CCc1ccccc1NC(=O)CNC(=O)CNC1(c2ccc(F)cc2)CCOCC1. The van der Waals surface area contributed by atoms with E-state index in [-0.39, 0.29) is 30.7 Å². The summed E-state index contributed by atoms with van der Waals surface area (Å²) in [4.78, 5) is 24.6. The van der Waals surface area contributed by atoms with E-state index < -0.39 is 5.54 Å². The van der Waals surface area contributed by atoms with Crippen molar-refractivity contribution in [1.29, 1.82) is 0 Å². The minimum Gasteiger partial charge on any atom is -0.381 e. The van der Waals surface area contributed by atoms with Gasteiger partial charge in [-0.2, -0.15) is 0 Å². The minimum absolute atomic E-state index is 0.0518. The summed E-state index contributed by atoms with van der Waals surface area (Å²) in [6.07, 6.45) is 2.17. The lowest BCUT2D eigenvalue weighted by molar-refractivity contribution is -0.124. The Balaban J connectivity index is 1.53. The molecule has 3 rings (SSSR count). The maximum atomic E-state index is 13.3. The van der Waals surface area contributed by atoms with Crippen LogP contribution in [0.15, 0.2) is 48.5 Å². The zero-order valence-corrected chi connectivity index (χ0v) is 17.2. The Bertz CT molecular complexity index is 864. The molecule has 0 aliphatic carbocycles. The molecule has 0 saturated carbocycles. The number of rotatable bonds is 8. The third-order valence-electron chi connectivity index (χ3n) is 5.45. The van der Waals surface area contributed by atoms with E-state index in [2.05, 4.69) is 16.0 Å². The Morgan fingerprint density at radius 1 is 1.00 bits per heavy atom. The van der Waals surface area contributed by atoms with Crippen LogP contribution in [0, 0.1) is 5.82 Å². The first-order valence-electron chi connectivity index (χ1n) is 10.3. The van der Waals surface area contributed by atoms with E-state index in [4.69, 9.17) is 4.74 Å². The van der Waals surface area contributed by atoms with Crippen molar-refractivity contribution in [3.8, 4) is 0 Å². The van der Waals surface area contributed by atoms with Gasteiger partial charge in [0.15, 0.2) is 0 Å². The Morgan fingerprint density at radius 2 is 1.70 bits per heavy atom. The van der Waals surface area contributed by atoms with Gasteiger partial charge >= 0.3 is 0 Å². The highest BCUT2D eigenvalue weighted by atomic mass is 19.1. The van der Waals surface area contributed by atoms with E-state index in [1.807, 2.05) is 31.2 Å². The fourth-order valence-electron chi connectivity index (χ4n) is 3.69. The number of carbonyl (C=O) groups is 2. The van der Waals surface area contributed by atoms with Crippen molar-refractivity contribution in [3.05, 3.63) is 65.5 Å². The van der Waals surface area contributed by atoms with E-state index in [0.717, 1.165) is 23.2 Å². The van der Waals surface area contributed by atoms with Gasteiger partial charge in [0.1, 0.15) is 5.82 Å². The molecule has 1 heterocycles. The molecule has 2 aromatic carbocycles. The van der Waals surface area contributed by atoms with Crippen molar-refractivity contribution in [2.75, 3.05) is 31.6 Å². The number of hydrogen-bond acceptors (Lipinski definition) is 4. The first kappa shape index (κ1) is 21.9. The second-order valence-corrected chi connectivity index (χ2v) is 7.39. The molecule has 160 valence electrons. The average Bonchev–Trinajstić information content (AvgIpc) is 2.78. The van der Waals surface area contributed by atoms with Gasteiger partial charge in [-0.25, -0.2) is 4.39 Å². The van der Waals surface area contributed by atoms with E-state index in [0.29, 0.717) is 26.1 Å². The van der Waals surface area contributed by atoms with E-state index in [1.54, 1.807) is 12.1 Å². The largest absolute Gasteiger partial charge is 0.381 e. The quantitative estimate of drug-likeness (QED) is 0.622.